The fraction of sp³-hybridized carbons (Fsp3) is 0.686. The van der Waals surface area contributed by atoms with Crippen LogP contribution in [0.3, 0.4) is 0 Å². The number of hydrogen-bond donors (Lipinski definition) is 0. The molecule has 0 bridgehead atoms. The Hall–Kier alpha value is -2.48. The second kappa shape index (κ2) is 13.9. The van der Waals surface area contributed by atoms with Crippen molar-refractivity contribution < 1.29 is 32.7 Å². The largest absolute Gasteiger partial charge is 0.457 e. The normalized spacial score (nSPS) is 24.9. The van der Waals surface area contributed by atoms with Gasteiger partial charge in [-0.3, -0.25) is 9.69 Å². The monoisotopic (exact) mass is 674 g/mol. The van der Waals surface area contributed by atoms with Crippen LogP contribution in [0.1, 0.15) is 68.2 Å². The highest BCUT2D eigenvalue weighted by atomic mass is 28.4. The predicted octanol–water partition coefficient (Wildman–Crippen LogP) is 7.34. The third kappa shape index (κ3) is 7.80. The topological polar surface area (TPSA) is 94.6 Å². The highest BCUT2D eigenvalue weighted by Gasteiger charge is 2.58. The van der Waals surface area contributed by atoms with Gasteiger partial charge < -0.3 is 23.2 Å². The average Bonchev–Trinajstić information content (AvgIpc) is 3.47. The van der Waals surface area contributed by atoms with Gasteiger partial charge in [0.1, 0.15) is 18.9 Å². The lowest BCUT2D eigenvalue weighted by atomic mass is 9.82. The van der Waals surface area contributed by atoms with Gasteiger partial charge in [-0.05, 0) is 74.1 Å². The number of allylic oxidation sites excluding steroid dienone is 1. The summed E-state index contributed by atoms with van der Waals surface area (Å²) in [5.41, 5.74) is 1.85. The van der Waals surface area contributed by atoms with E-state index in [-0.39, 0.29) is 65.1 Å². The number of fused-ring (bicyclic) bond motifs is 1. The number of hydrogen-bond acceptors (Lipinski definition) is 7. The predicted molar refractivity (Wildman–Crippen MR) is 187 cm³/mol. The molecule has 9 nitrogen and oxygen atoms in total. The third-order valence-corrected chi connectivity index (χ3v) is 19.7. The fourth-order valence-electron chi connectivity index (χ4n) is 5.99. The van der Waals surface area contributed by atoms with E-state index >= 15 is 0 Å². The molecule has 0 aromatic rings. The number of esters is 1. The Morgan fingerprint density at radius 2 is 1.54 bits per heavy atom. The maximum absolute atomic E-state index is 13.7. The van der Waals surface area contributed by atoms with Crippen molar-refractivity contribution in [2.24, 2.45) is 5.92 Å². The average molecular weight is 675 g/mol. The molecule has 3 heterocycles. The lowest BCUT2D eigenvalue weighted by Crippen LogP contribution is -2.63. The second-order valence-electron chi connectivity index (χ2n) is 16.0. The molecule has 3 rings (SSSR count). The minimum atomic E-state index is -2.13. The van der Waals surface area contributed by atoms with Crippen molar-refractivity contribution in [1.29, 1.82) is 0 Å². The van der Waals surface area contributed by atoms with Crippen LogP contribution in [0.5, 0.6) is 0 Å². The summed E-state index contributed by atoms with van der Waals surface area (Å²) in [7, 11) is -4.24. The molecule has 258 valence electrons. The molecule has 0 aromatic carbocycles. The van der Waals surface area contributed by atoms with Crippen molar-refractivity contribution >= 4 is 34.6 Å². The number of likely N-dealkylation sites (tertiary alicyclic amines) is 1. The number of rotatable bonds is 12. The number of ether oxygens (including phenoxy) is 2. The van der Waals surface area contributed by atoms with Gasteiger partial charge in [0.25, 0.3) is 0 Å². The Labute approximate surface area is 279 Å². The van der Waals surface area contributed by atoms with Gasteiger partial charge in [-0.25, -0.2) is 9.59 Å². The zero-order valence-electron chi connectivity index (χ0n) is 30.3. The van der Waals surface area contributed by atoms with Gasteiger partial charge in [0.15, 0.2) is 16.6 Å². The molecule has 2 saturated heterocycles. The Morgan fingerprint density at radius 1 is 0.978 bits per heavy atom. The van der Waals surface area contributed by atoms with Crippen LogP contribution in [-0.4, -0.2) is 88.5 Å². The van der Waals surface area contributed by atoms with Crippen LogP contribution in [0, 0.1) is 5.92 Å². The molecule has 3 aliphatic rings. The lowest BCUT2D eigenvalue weighted by molar-refractivity contribution is -0.161. The molecule has 5 atom stereocenters. The van der Waals surface area contributed by atoms with Crippen molar-refractivity contribution in [2.45, 2.75) is 129 Å². The molecular formula is C35H58N2O7Si2. The highest BCUT2D eigenvalue weighted by molar-refractivity contribution is 6.74. The molecule has 0 saturated carbocycles. The molecule has 0 aromatic heterocycles. The molecule has 0 radical (unpaired) electrons. The summed E-state index contributed by atoms with van der Waals surface area (Å²) in [6, 6.07) is -0.519. The van der Waals surface area contributed by atoms with Crippen LogP contribution in [0.25, 0.3) is 0 Å². The molecule has 0 aliphatic carbocycles. The van der Waals surface area contributed by atoms with E-state index < -0.39 is 28.7 Å². The van der Waals surface area contributed by atoms with Gasteiger partial charge in [0, 0.05) is 6.54 Å². The molecule has 0 spiro atoms. The summed E-state index contributed by atoms with van der Waals surface area (Å²) in [5.74, 6) is -1.04. The van der Waals surface area contributed by atoms with Crippen molar-refractivity contribution in [1.82, 2.24) is 9.80 Å². The van der Waals surface area contributed by atoms with Crippen molar-refractivity contribution in [2.75, 3.05) is 19.8 Å². The minimum absolute atomic E-state index is 0.00204. The smallest absolute Gasteiger partial charge is 0.410 e. The van der Waals surface area contributed by atoms with Crippen molar-refractivity contribution in [3.8, 4) is 0 Å². The lowest BCUT2D eigenvalue weighted by Gasteiger charge is -2.48. The Bertz CT molecular complexity index is 1270. The zero-order chi connectivity index (χ0) is 35.0. The maximum Gasteiger partial charge on any atom is 0.410 e. The van der Waals surface area contributed by atoms with Gasteiger partial charge in [0.2, 0.25) is 5.91 Å². The van der Waals surface area contributed by atoms with Gasteiger partial charge in [-0.2, -0.15) is 0 Å². The van der Waals surface area contributed by atoms with Crippen molar-refractivity contribution in [3.63, 3.8) is 0 Å². The van der Waals surface area contributed by atoms with Crippen LogP contribution in [-0.2, 0) is 27.9 Å². The number of nitrogens with zero attached hydrogens (tertiary/aromatic N) is 2. The van der Waals surface area contributed by atoms with E-state index in [1.165, 1.54) is 6.08 Å². The first-order valence-electron chi connectivity index (χ1n) is 16.5. The van der Waals surface area contributed by atoms with Gasteiger partial charge in [-0.1, -0.05) is 72.9 Å². The van der Waals surface area contributed by atoms with Gasteiger partial charge in [-0.15, -0.1) is 0 Å². The molecule has 46 heavy (non-hydrogen) atoms. The highest BCUT2D eigenvalue weighted by Crippen LogP contribution is 2.48. The number of carbonyl (C=O) groups is 3. The van der Waals surface area contributed by atoms with Crippen LogP contribution in [0.15, 0.2) is 48.2 Å². The first-order chi connectivity index (χ1) is 21.1. The number of carbonyl (C=O) groups excluding carboxylic acids is 3. The van der Waals surface area contributed by atoms with E-state index in [0.29, 0.717) is 19.4 Å². The van der Waals surface area contributed by atoms with E-state index in [1.54, 1.807) is 15.9 Å². The summed E-state index contributed by atoms with van der Waals surface area (Å²) in [4.78, 5) is 43.7. The summed E-state index contributed by atoms with van der Waals surface area (Å²) in [6.07, 6.45) is 5.30. The Balaban J connectivity index is 1.96. The van der Waals surface area contributed by atoms with Gasteiger partial charge in [0.05, 0.1) is 30.2 Å². The minimum Gasteiger partial charge on any atom is -0.457 e. The third-order valence-electron chi connectivity index (χ3n) is 10.6. The maximum atomic E-state index is 13.7. The standard InChI is InChI=1S/C35H58N2O7Si2/c1-15-17-41-32(39)30-27(21-28-29(31(38)37(28)30)24(4)43-45(11,12)34(5,6)7)23(3)19-25-20-26(44-46(13,14)35(8,9)10)22-36(25)33(40)42-18-16-2/h15-16,19,24-26,28-29H,1-2,17-18,20-22H2,3-14H3/t24-,25-,26-,28-,29-/m1/s1. The van der Waals surface area contributed by atoms with Crippen LogP contribution in [0.2, 0.25) is 36.3 Å². The SMILES string of the molecule is C=CCOC(=O)C1=C(C(C)=C[C@@H]2C[C@@H](O[Si](C)(C)C(C)(C)C)CN2C(=O)OCC=C)C[C@@H]2[C@@H]([C@@H](C)O[Si](C)(C)C(C)(C)C)C(=O)N12. The van der Waals surface area contributed by atoms with Crippen LogP contribution in [0.4, 0.5) is 4.79 Å². The summed E-state index contributed by atoms with van der Waals surface area (Å²) < 4.78 is 24.3. The van der Waals surface area contributed by atoms with Crippen LogP contribution < -0.4 is 0 Å². The van der Waals surface area contributed by atoms with Gasteiger partial charge >= 0.3 is 12.1 Å². The second-order valence-corrected chi connectivity index (χ2v) is 25.5. The first-order valence-corrected chi connectivity index (χ1v) is 22.3. The quantitative estimate of drug-likeness (QED) is 0.0925. The van der Waals surface area contributed by atoms with E-state index in [1.807, 2.05) is 19.9 Å². The molecule has 2 amide bonds. The first kappa shape index (κ1) is 38.0. The molecule has 0 N–H and O–H groups in total. The summed E-state index contributed by atoms with van der Waals surface area (Å²) in [5, 5.41) is 0.0144. The molecule has 11 heteroatoms. The van der Waals surface area contributed by atoms with E-state index in [4.69, 9.17) is 18.3 Å². The Morgan fingerprint density at radius 3 is 2.09 bits per heavy atom. The molecular weight excluding hydrogens is 617 g/mol. The number of β-lactam (4-membered cyclic amide) rings is 1. The molecule has 3 aliphatic heterocycles. The van der Waals surface area contributed by atoms with E-state index in [2.05, 4.69) is 80.9 Å². The number of amides is 2. The Kier molecular flexibility index (Phi) is 11.5. The summed E-state index contributed by atoms with van der Waals surface area (Å²) in [6.45, 7) is 33.7. The molecule has 2 fully saturated rings. The van der Waals surface area contributed by atoms with E-state index in [0.717, 1.165) is 11.1 Å². The molecule has 0 unspecified atom stereocenters. The van der Waals surface area contributed by atoms with Crippen LogP contribution >= 0.6 is 0 Å². The zero-order valence-corrected chi connectivity index (χ0v) is 32.3. The van der Waals surface area contributed by atoms with Crippen molar-refractivity contribution in [3.05, 3.63) is 48.2 Å². The fourth-order valence-corrected chi connectivity index (χ4v) is 8.78. The van der Waals surface area contributed by atoms with E-state index in [9.17, 15) is 14.4 Å². The summed E-state index contributed by atoms with van der Waals surface area (Å²) >= 11 is 0.